The molecule has 2 aromatic rings. The average molecular weight is 280 g/mol. The maximum atomic E-state index is 12.0. The third-order valence-electron chi connectivity index (χ3n) is 2.84. The number of thiophene rings is 1. The Morgan fingerprint density at radius 2 is 2.26 bits per heavy atom. The SMILES string of the molecule is Cc1c(C(C)C)c(=O)on1C(=O)NCc1cccs1. The monoisotopic (exact) mass is 280 g/mol. The van der Waals surface area contributed by atoms with Crippen LogP contribution in [0.15, 0.2) is 26.8 Å². The molecule has 2 heterocycles. The van der Waals surface area contributed by atoms with Crippen LogP contribution >= 0.6 is 11.3 Å². The average Bonchev–Trinajstić information content (AvgIpc) is 2.94. The number of hydrogen-bond acceptors (Lipinski definition) is 4. The molecule has 0 unspecified atom stereocenters. The van der Waals surface area contributed by atoms with Crippen molar-refractivity contribution in [2.45, 2.75) is 33.2 Å². The summed E-state index contributed by atoms with van der Waals surface area (Å²) in [5.41, 5.74) is 0.661. The van der Waals surface area contributed by atoms with Gasteiger partial charge < -0.3 is 9.84 Å². The zero-order valence-corrected chi connectivity index (χ0v) is 11.9. The van der Waals surface area contributed by atoms with E-state index < -0.39 is 11.7 Å². The fraction of sp³-hybridized carbons (Fsp3) is 0.385. The number of hydrogen-bond donors (Lipinski definition) is 1. The van der Waals surface area contributed by atoms with Crippen LogP contribution in [-0.4, -0.2) is 10.8 Å². The van der Waals surface area contributed by atoms with Gasteiger partial charge in [0.25, 0.3) is 0 Å². The molecule has 5 nitrogen and oxygen atoms in total. The van der Waals surface area contributed by atoms with Crippen molar-refractivity contribution >= 4 is 17.4 Å². The normalized spacial score (nSPS) is 10.9. The molecule has 0 spiro atoms. The molecule has 6 heteroatoms. The molecule has 0 saturated carbocycles. The molecular weight excluding hydrogens is 264 g/mol. The van der Waals surface area contributed by atoms with Crippen molar-refractivity contribution in [1.29, 1.82) is 0 Å². The summed E-state index contributed by atoms with van der Waals surface area (Å²) in [6, 6.07) is 3.43. The Hall–Kier alpha value is -1.82. The van der Waals surface area contributed by atoms with Crippen LogP contribution in [0, 0.1) is 6.92 Å². The van der Waals surface area contributed by atoms with E-state index in [0.717, 1.165) is 9.62 Å². The van der Waals surface area contributed by atoms with Gasteiger partial charge in [-0.1, -0.05) is 19.9 Å². The number of rotatable bonds is 3. The quantitative estimate of drug-likeness (QED) is 0.940. The van der Waals surface area contributed by atoms with Crippen LogP contribution < -0.4 is 10.9 Å². The Balaban J connectivity index is 2.16. The third-order valence-corrected chi connectivity index (χ3v) is 3.72. The highest BCUT2D eigenvalue weighted by atomic mass is 32.1. The summed E-state index contributed by atoms with van der Waals surface area (Å²) >= 11 is 1.56. The lowest BCUT2D eigenvalue weighted by atomic mass is 10.1. The number of nitrogens with zero attached hydrogens (tertiary/aromatic N) is 1. The Bertz CT molecular complexity index is 623. The first kappa shape index (κ1) is 13.6. The molecule has 102 valence electrons. The minimum atomic E-state index is -0.446. The fourth-order valence-electron chi connectivity index (χ4n) is 1.95. The van der Waals surface area contributed by atoms with Crippen LogP contribution in [0.2, 0.25) is 0 Å². The van der Waals surface area contributed by atoms with Crippen LogP contribution in [0.4, 0.5) is 4.79 Å². The summed E-state index contributed by atoms with van der Waals surface area (Å²) in [5.74, 6) is 0.0302. The van der Waals surface area contributed by atoms with Crippen molar-refractivity contribution in [3.8, 4) is 0 Å². The van der Waals surface area contributed by atoms with Crippen LogP contribution in [0.3, 0.4) is 0 Å². The summed E-state index contributed by atoms with van der Waals surface area (Å²) in [6.07, 6.45) is 0. The van der Waals surface area contributed by atoms with Crippen molar-refractivity contribution in [2.24, 2.45) is 0 Å². The summed E-state index contributed by atoms with van der Waals surface area (Å²) < 4.78 is 6.02. The lowest BCUT2D eigenvalue weighted by molar-refractivity contribution is 0.205. The third kappa shape index (κ3) is 2.78. The van der Waals surface area contributed by atoms with Gasteiger partial charge in [-0.25, -0.2) is 9.59 Å². The molecule has 19 heavy (non-hydrogen) atoms. The smallest absolute Gasteiger partial charge is 0.330 e. The van der Waals surface area contributed by atoms with E-state index in [9.17, 15) is 9.59 Å². The molecule has 2 rings (SSSR count). The van der Waals surface area contributed by atoms with E-state index in [-0.39, 0.29) is 5.92 Å². The van der Waals surface area contributed by atoms with Gasteiger partial charge in [0.1, 0.15) is 0 Å². The van der Waals surface area contributed by atoms with Gasteiger partial charge in [0, 0.05) is 4.88 Å². The van der Waals surface area contributed by atoms with Crippen molar-refractivity contribution in [1.82, 2.24) is 10.1 Å². The van der Waals surface area contributed by atoms with Crippen molar-refractivity contribution in [3.05, 3.63) is 44.1 Å². The first-order valence-corrected chi connectivity index (χ1v) is 6.92. The van der Waals surface area contributed by atoms with E-state index in [1.54, 1.807) is 18.3 Å². The highest BCUT2D eigenvalue weighted by molar-refractivity contribution is 7.09. The standard InChI is InChI=1S/C13H16N2O3S/c1-8(2)11-9(3)15(18-12(11)16)13(17)14-7-10-5-4-6-19-10/h4-6,8H,7H2,1-3H3,(H,14,17). The summed E-state index contributed by atoms with van der Waals surface area (Å²) in [5, 5.41) is 4.67. The molecule has 0 radical (unpaired) electrons. The number of nitrogens with one attached hydrogen (secondary N) is 1. The lowest BCUT2D eigenvalue weighted by Crippen LogP contribution is -2.28. The van der Waals surface area contributed by atoms with E-state index in [1.165, 1.54) is 0 Å². The molecule has 0 aliphatic heterocycles. The molecule has 0 bridgehead atoms. The van der Waals surface area contributed by atoms with Gasteiger partial charge in [-0.2, -0.15) is 0 Å². The van der Waals surface area contributed by atoms with E-state index >= 15 is 0 Å². The zero-order valence-electron chi connectivity index (χ0n) is 11.1. The van der Waals surface area contributed by atoms with E-state index in [4.69, 9.17) is 4.52 Å². The Morgan fingerprint density at radius 3 is 2.79 bits per heavy atom. The predicted octanol–water partition coefficient (Wildman–Crippen LogP) is 2.69. The maximum Gasteiger partial charge on any atom is 0.361 e. The van der Waals surface area contributed by atoms with Gasteiger partial charge >= 0.3 is 11.7 Å². The first-order chi connectivity index (χ1) is 9.00. The summed E-state index contributed by atoms with van der Waals surface area (Å²) in [6.45, 7) is 5.93. The first-order valence-electron chi connectivity index (χ1n) is 6.04. The van der Waals surface area contributed by atoms with Gasteiger partial charge in [-0.3, -0.25) is 0 Å². The second kappa shape index (κ2) is 5.44. The van der Waals surface area contributed by atoms with Crippen LogP contribution in [0.1, 0.15) is 35.9 Å². The highest BCUT2D eigenvalue weighted by Crippen LogP contribution is 2.15. The summed E-state index contributed by atoms with van der Waals surface area (Å²) in [7, 11) is 0. The Kier molecular flexibility index (Phi) is 3.90. The minimum absolute atomic E-state index is 0.0302. The summed E-state index contributed by atoms with van der Waals surface area (Å²) in [4.78, 5) is 24.7. The molecule has 0 saturated heterocycles. The largest absolute Gasteiger partial charge is 0.361 e. The second-order valence-corrected chi connectivity index (χ2v) is 5.60. The molecule has 2 aromatic heterocycles. The number of carbonyl (C=O) groups is 1. The number of aromatic nitrogens is 1. The molecular formula is C13H16N2O3S. The van der Waals surface area contributed by atoms with Crippen LogP contribution in [0.5, 0.6) is 0 Å². The predicted molar refractivity (Wildman–Crippen MR) is 73.7 cm³/mol. The minimum Gasteiger partial charge on any atom is -0.330 e. The van der Waals surface area contributed by atoms with Gasteiger partial charge in [-0.05, 0) is 24.3 Å². The molecule has 0 fully saturated rings. The number of amides is 1. The van der Waals surface area contributed by atoms with Gasteiger partial charge in [0.15, 0.2) is 0 Å². The Labute approximate surface area is 114 Å². The van der Waals surface area contributed by atoms with E-state index in [1.807, 2.05) is 31.4 Å². The van der Waals surface area contributed by atoms with Crippen LogP contribution in [0.25, 0.3) is 0 Å². The molecule has 0 aliphatic carbocycles. The van der Waals surface area contributed by atoms with Crippen molar-refractivity contribution < 1.29 is 9.32 Å². The van der Waals surface area contributed by atoms with E-state index in [2.05, 4.69) is 5.32 Å². The fourth-order valence-corrected chi connectivity index (χ4v) is 2.60. The number of carbonyl (C=O) groups excluding carboxylic acids is 1. The van der Waals surface area contributed by atoms with E-state index in [0.29, 0.717) is 17.8 Å². The van der Waals surface area contributed by atoms with Gasteiger partial charge in [0.2, 0.25) is 0 Å². The molecule has 1 amide bonds. The van der Waals surface area contributed by atoms with Crippen LogP contribution in [-0.2, 0) is 6.54 Å². The van der Waals surface area contributed by atoms with Gasteiger partial charge in [-0.15, -0.1) is 16.1 Å². The maximum absolute atomic E-state index is 12.0. The molecule has 1 N–H and O–H groups in total. The van der Waals surface area contributed by atoms with Crippen molar-refractivity contribution in [3.63, 3.8) is 0 Å². The second-order valence-electron chi connectivity index (χ2n) is 4.56. The lowest BCUT2D eigenvalue weighted by Gasteiger charge is -2.05. The molecule has 0 atom stereocenters. The highest BCUT2D eigenvalue weighted by Gasteiger charge is 2.20. The van der Waals surface area contributed by atoms with Gasteiger partial charge in [0.05, 0.1) is 17.8 Å². The molecule has 0 aliphatic rings. The topological polar surface area (TPSA) is 64.2 Å². The molecule has 0 aromatic carbocycles. The zero-order chi connectivity index (χ0) is 14.0. The Morgan fingerprint density at radius 1 is 1.53 bits per heavy atom. The van der Waals surface area contributed by atoms with Crippen molar-refractivity contribution in [2.75, 3.05) is 0 Å².